The Kier molecular flexibility index (Phi) is 6.87. The van der Waals surface area contributed by atoms with Crippen LogP contribution < -0.4 is 5.32 Å². The monoisotopic (exact) mass is 507 g/mol. The maximum atomic E-state index is 14.9. The van der Waals surface area contributed by atoms with Gasteiger partial charge in [0, 0.05) is 37.4 Å². The highest BCUT2D eigenvalue weighted by atomic mass is 19.1. The zero-order valence-corrected chi connectivity index (χ0v) is 21.7. The van der Waals surface area contributed by atoms with E-state index in [9.17, 15) is 8.78 Å². The van der Waals surface area contributed by atoms with Gasteiger partial charge in [-0.3, -0.25) is 4.90 Å². The summed E-state index contributed by atoms with van der Waals surface area (Å²) in [5.41, 5.74) is 2.24. The number of aryl methyl sites for hydroxylation is 1. The number of aromatic nitrogens is 5. The number of benzene rings is 1. The van der Waals surface area contributed by atoms with Crippen LogP contribution >= 0.6 is 0 Å². The van der Waals surface area contributed by atoms with Crippen LogP contribution in [-0.2, 0) is 11.3 Å². The Bertz CT molecular complexity index is 1410. The molecule has 0 bridgehead atoms. The van der Waals surface area contributed by atoms with Gasteiger partial charge in [0.2, 0.25) is 5.95 Å². The number of hydrogen-bond acceptors (Lipinski definition) is 7. The average Bonchev–Trinajstić information content (AvgIpc) is 3.17. The molecule has 4 aromatic rings. The van der Waals surface area contributed by atoms with Gasteiger partial charge in [-0.05, 0) is 58.4 Å². The SMILES string of the molecule is Cc1nc2c(F)cc(-c3nc(Nc4ccc(CN5C[C@@H](C)O[C@@H](C)C5)cn4)ncc3F)cc2n1C(C)C. The second kappa shape index (κ2) is 10.1. The molecular weight excluding hydrogens is 476 g/mol. The van der Waals surface area contributed by atoms with E-state index in [0.717, 1.165) is 31.4 Å². The summed E-state index contributed by atoms with van der Waals surface area (Å²) in [7, 11) is 0. The molecule has 3 aromatic heterocycles. The number of nitrogens with one attached hydrogen (secondary N) is 1. The smallest absolute Gasteiger partial charge is 0.229 e. The highest BCUT2D eigenvalue weighted by molar-refractivity contribution is 5.83. The van der Waals surface area contributed by atoms with Gasteiger partial charge in [0.15, 0.2) is 11.6 Å². The minimum atomic E-state index is -0.645. The van der Waals surface area contributed by atoms with Gasteiger partial charge in [0.05, 0.1) is 23.9 Å². The van der Waals surface area contributed by atoms with Crippen molar-refractivity contribution < 1.29 is 13.5 Å². The van der Waals surface area contributed by atoms with E-state index in [-0.39, 0.29) is 35.4 Å². The van der Waals surface area contributed by atoms with Crippen LogP contribution in [0.15, 0.2) is 36.7 Å². The molecule has 0 amide bonds. The Morgan fingerprint density at radius 1 is 1.03 bits per heavy atom. The van der Waals surface area contributed by atoms with Crippen LogP contribution in [0.1, 0.15) is 45.1 Å². The van der Waals surface area contributed by atoms with Gasteiger partial charge in [0.25, 0.3) is 0 Å². The second-order valence-electron chi connectivity index (χ2n) is 9.97. The minimum absolute atomic E-state index is 0.000337. The summed E-state index contributed by atoms with van der Waals surface area (Å²) >= 11 is 0. The molecule has 1 aliphatic heterocycles. The predicted molar refractivity (Wildman–Crippen MR) is 139 cm³/mol. The number of nitrogens with zero attached hydrogens (tertiary/aromatic N) is 6. The number of imidazole rings is 1. The number of fused-ring (bicyclic) bond motifs is 1. The third kappa shape index (κ3) is 5.30. The molecule has 8 nitrogen and oxygen atoms in total. The van der Waals surface area contributed by atoms with Gasteiger partial charge in [-0.2, -0.15) is 0 Å². The Labute approximate surface area is 214 Å². The van der Waals surface area contributed by atoms with Gasteiger partial charge in [-0.15, -0.1) is 0 Å². The van der Waals surface area contributed by atoms with Gasteiger partial charge in [-0.25, -0.2) is 28.7 Å². The molecule has 1 saturated heterocycles. The molecular formula is C27H31F2N7O. The van der Waals surface area contributed by atoms with E-state index < -0.39 is 11.6 Å². The van der Waals surface area contributed by atoms with Crippen molar-refractivity contribution in [1.29, 1.82) is 0 Å². The zero-order chi connectivity index (χ0) is 26.3. The summed E-state index contributed by atoms with van der Waals surface area (Å²) in [6, 6.07) is 6.87. The summed E-state index contributed by atoms with van der Waals surface area (Å²) in [6.45, 7) is 12.5. The molecule has 2 atom stereocenters. The average molecular weight is 508 g/mol. The highest BCUT2D eigenvalue weighted by Crippen LogP contribution is 2.30. The summed E-state index contributed by atoms with van der Waals surface area (Å²) < 4.78 is 37.5. The van der Waals surface area contributed by atoms with Crippen LogP contribution in [0.3, 0.4) is 0 Å². The molecule has 0 unspecified atom stereocenters. The van der Waals surface area contributed by atoms with E-state index in [0.29, 0.717) is 22.7 Å². The first-order valence-electron chi connectivity index (χ1n) is 12.5. The minimum Gasteiger partial charge on any atom is -0.373 e. The standard InChI is InChI=1S/C27H31F2N7O/c1-15(2)36-18(5)32-26-21(28)8-20(9-23(26)36)25-22(29)11-31-27(34-25)33-24-7-6-19(10-30-24)14-35-12-16(3)37-17(4)13-35/h6-11,15-17H,12-14H2,1-5H3,(H,30,31,33,34)/t16-,17+. The lowest BCUT2D eigenvalue weighted by molar-refractivity contribution is -0.0705. The van der Waals surface area contributed by atoms with Gasteiger partial charge in [-0.1, -0.05) is 6.07 Å². The summed E-state index contributed by atoms with van der Waals surface area (Å²) in [5, 5.41) is 3.03. The first-order chi connectivity index (χ1) is 17.7. The first kappa shape index (κ1) is 25.2. The maximum Gasteiger partial charge on any atom is 0.229 e. The molecule has 1 N–H and O–H groups in total. The van der Waals surface area contributed by atoms with Crippen molar-refractivity contribution in [3.63, 3.8) is 0 Å². The summed E-state index contributed by atoms with van der Waals surface area (Å²) in [5.74, 6) is 0.221. The van der Waals surface area contributed by atoms with Crippen LogP contribution in [0.5, 0.6) is 0 Å². The number of morpholine rings is 1. The molecule has 194 valence electrons. The number of anilines is 2. The molecule has 0 spiro atoms. The fourth-order valence-corrected chi connectivity index (χ4v) is 5.07. The Balaban J connectivity index is 1.37. The van der Waals surface area contributed by atoms with Crippen molar-refractivity contribution >= 4 is 22.8 Å². The van der Waals surface area contributed by atoms with Crippen molar-refractivity contribution in [2.24, 2.45) is 0 Å². The normalized spacial score (nSPS) is 18.6. The first-order valence-corrected chi connectivity index (χ1v) is 12.5. The molecule has 4 heterocycles. The third-order valence-corrected chi connectivity index (χ3v) is 6.43. The lowest BCUT2D eigenvalue weighted by atomic mass is 10.1. The van der Waals surface area contributed by atoms with E-state index in [4.69, 9.17) is 4.74 Å². The van der Waals surface area contributed by atoms with Crippen molar-refractivity contribution in [3.05, 3.63) is 59.7 Å². The van der Waals surface area contributed by atoms with Crippen molar-refractivity contribution in [2.45, 2.75) is 59.4 Å². The van der Waals surface area contributed by atoms with Crippen LogP contribution in [0, 0.1) is 18.6 Å². The number of halogens is 2. The van der Waals surface area contributed by atoms with Gasteiger partial charge >= 0.3 is 0 Å². The molecule has 5 rings (SSSR count). The molecule has 1 aromatic carbocycles. The Morgan fingerprint density at radius 3 is 2.46 bits per heavy atom. The van der Waals surface area contributed by atoms with Crippen LogP contribution in [0.4, 0.5) is 20.5 Å². The van der Waals surface area contributed by atoms with E-state index in [2.05, 4.69) is 44.0 Å². The quantitative estimate of drug-likeness (QED) is 0.374. The molecule has 37 heavy (non-hydrogen) atoms. The fourth-order valence-electron chi connectivity index (χ4n) is 5.07. The molecule has 1 fully saturated rings. The number of hydrogen-bond donors (Lipinski definition) is 1. The lowest BCUT2D eigenvalue weighted by Gasteiger charge is -2.35. The topological polar surface area (TPSA) is 81.0 Å². The fraction of sp³-hybridized carbons (Fsp3) is 0.407. The molecule has 1 aliphatic rings. The van der Waals surface area contributed by atoms with E-state index in [1.165, 1.54) is 6.07 Å². The van der Waals surface area contributed by atoms with E-state index >= 15 is 0 Å². The number of pyridine rings is 1. The van der Waals surface area contributed by atoms with E-state index in [1.54, 1.807) is 12.3 Å². The summed E-state index contributed by atoms with van der Waals surface area (Å²) in [6.07, 6.45) is 3.28. The van der Waals surface area contributed by atoms with Crippen LogP contribution in [0.2, 0.25) is 0 Å². The molecule has 0 aliphatic carbocycles. The molecule has 0 radical (unpaired) electrons. The Hall–Kier alpha value is -3.50. The third-order valence-electron chi connectivity index (χ3n) is 6.43. The molecule has 10 heteroatoms. The van der Waals surface area contributed by atoms with Crippen LogP contribution in [0.25, 0.3) is 22.3 Å². The number of rotatable bonds is 6. The predicted octanol–water partition coefficient (Wildman–Crippen LogP) is 5.41. The van der Waals surface area contributed by atoms with E-state index in [1.807, 2.05) is 37.5 Å². The van der Waals surface area contributed by atoms with Crippen molar-refractivity contribution in [3.8, 4) is 11.3 Å². The maximum absolute atomic E-state index is 14.9. The van der Waals surface area contributed by atoms with Gasteiger partial charge in [0.1, 0.15) is 22.9 Å². The lowest BCUT2D eigenvalue weighted by Crippen LogP contribution is -2.44. The zero-order valence-electron chi connectivity index (χ0n) is 21.7. The largest absolute Gasteiger partial charge is 0.373 e. The van der Waals surface area contributed by atoms with Crippen molar-refractivity contribution in [1.82, 2.24) is 29.4 Å². The molecule has 0 saturated carbocycles. The number of ether oxygens (including phenoxy) is 1. The second-order valence-corrected chi connectivity index (χ2v) is 9.97. The summed E-state index contributed by atoms with van der Waals surface area (Å²) in [4.78, 5) is 19.6. The Morgan fingerprint density at radius 2 is 1.78 bits per heavy atom. The highest BCUT2D eigenvalue weighted by Gasteiger charge is 2.22. The van der Waals surface area contributed by atoms with Crippen LogP contribution in [-0.4, -0.2) is 54.7 Å². The van der Waals surface area contributed by atoms with Crippen molar-refractivity contribution in [2.75, 3.05) is 18.4 Å². The van der Waals surface area contributed by atoms with Gasteiger partial charge < -0.3 is 14.6 Å².